The highest BCUT2D eigenvalue weighted by Gasteiger charge is 2.10. The van der Waals surface area contributed by atoms with Gasteiger partial charge in [0.15, 0.2) is 0 Å². The summed E-state index contributed by atoms with van der Waals surface area (Å²) in [6.45, 7) is 1.94. The lowest BCUT2D eigenvalue weighted by atomic mass is 10.1. The van der Waals surface area contributed by atoms with E-state index in [1.807, 2.05) is 6.92 Å². The van der Waals surface area contributed by atoms with Gasteiger partial charge in [0.1, 0.15) is 0 Å². The van der Waals surface area contributed by atoms with Crippen molar-refractivity contribution in [2.45, 2.75) is 19.8 Å². The monoisotopic (exact) mass is 162 g/mol. The fourth-order valence-corrected chi connectivity index (χ4v) is 0.876. The second-order valence-electron chi connectivity index (χ2n) is 2.05. The van der Waals surface area contributed by atoms with Gasteiger partial charge < -0.3 is 5.11 Å². The van der Waals surface area contributed by atoms with E-state index in [-0.39, 0.29) is 0 Å². The van der Waals surface area contributed by atoms with Crippen LogP contribution in [0.15, 0.2) is 11.6 Å². The predicted molar refractivity (Wildman–Crippen MR) is 41.0 cm³/mol. The Bertz CT molecular complexity index is 132. The molecule has 0 radical (unpaired) electrons. The second kappa shape index (κ2) is 5.30. The zero-order valence-electron chi connectivity index (χ0n) is 5.88. The standard InChI is InChI=1S/C7H11ClO2/c1-2-3-6(4-5-8)7(9)10/h4-6H,2-3H2,1H3,(H,9,10). The minimum absolute atomic E-state index is 0.414. The number of aliphatic carboxylic acids is 1. The minimum atomic E-state index is -0.807. The Hall–Kier alpha value is -0.500. The first-order valence-corrected chi connectivity index (χ1v) is 3.65. The zero-order valence-corrected chi connectivity index (χ0v) is 6.64. The molecule has 2 nitrogen and oxygen atoms in total. The summed E-state index contributed by atoms with van der Waals surface area (Å²) in [6.07, 6.45) is 3.00. The largest absolute Gasteiger partial charge is 0.481 e. The van der Waals surface area contributed by atoms with Gasteiger partial charge in [-0.15, -0.1) is 0 Å². The maximum Gasteiger partial charge on any atom is 0.310 e. The van der Waals surface area contributed by atoms with Gasteiger partial charge in [0, 0.05) is 5.54 Å². The SMILES string of the molecule is CCCC(C=CCl)C(=O)O. The molecule has 0 amide bonds. The summed E-state index contributed by atoms with van der Waals surface area (Å²) in [5, 5.41) is 8.53. The fraction of sp³-hybridized carbons (Fsp3) is 0.571. The molecule has 1 N–H and O–H groups in total. The molecule has 0 saturated heterocycles. The van der Waals surface area contributed by atoms with Gasteiger partial charge in [0.05, 0.1) is 5.92 Å². The number of carbonyl (C=O) groups is 1. The van der Waals surface area contributed by atoms with E-state index in [0.29, 0.717) is 6.42 Å². The molecule has 0 fully saturated rings. The summed E-state index contributed by atoms with van der Waals surface area (Å²) in [6, 6.07) is 0. The van der Waals surface area contributed by atoms with Crippen molar-refractivity contribution >= 4 is 17.6 Å². The summed E-state index contributed by atoms with van der Waals surface area (Å²) in [4.78, 5) is 10.4. The Balaban J connectivity index is 3.85. The lowest BCUT2D eigenvalue weighted by Gasteiger charge is -2.02. The van der Waals surface area contributed by atoms with E-state index >= 15 is 0 Å². The molecule has 0 rings (SSSR count). The van der Waals surface area contributed by atoms with Crippen molar-refractivity contribution in [3.05, 3.63) is 11.6 Å². The molecule has 0 saturated carbocycles. The van der Waals surface area contributed by atoms with Crippen molar-refractivity contribution in [1.82, 2.24) is 0 Å². The molecule has 1 atom stereocenters. The van der Waals surface area contributed by atoms with Crippen molar-refractivity contribution in [2.24, 2.45) is 5.92 Å². The third kappa shape index (κ3) is 3.51. The van der Waals surface area contributed by atoms with Gasteiger partial charge in [-0.25, -0.2) is 0 Å². The number of hydrogen-bond donors (Lipinski definition) is 1. The summed E-state index contributed by atoms with van der Waals surface area (Å²) >= 11 is 5.23. The number of hydrogen-bond acceptors (Lipinski definition) is 1. The topological polar surface area (TPSA) is 37.3 Å². The smallest absolute Gasteiger partial charge is 0.310 e. The van der Waals surface area contributed by atoms with E-state index in [9.17, 15) is 4.79 Å². The Labute approximate surface area is 65.5 Å². The third-order valence-electron chi connectivity index (χ3n) is 1.22. The van der Waals surface area contributed by atoms with Crippen LogP contribution in [0.25, 0.3) is 0 Å². The van der Waals surface area contributed by atoms with Gasteiger partial charge in [-0.05, 0) is 6.42 Å². The Morgan fingerprint density at radius 3 is 2.70 bits per heavy atom. The molecular formula is C7H11ClO2. The molecule has 0 aromatic rings. The normalized spacial score (nSPS) is 13.8. The van der Waals surface area contributed by atoms with Gasteiger partial charge >= 0.3 is 5.97 Å². The van der Waals surface area contributed by atoms with Gasteiger partial charge in [0.25, 0.3) is 0 Å². The molecule has 0 spiro atoms. The second-order valence-corrected chi connectivity index (χ2v) is 2.30. The zero-order chi connectivity index (χ0) is 7.98. The van der Waals surface area contributed by atoms with Crippen LogP contribution in [0.1, 0.15) is 19.8 Å². The Kier molecular flexibility index (Phi) is 5.03. The van der Waals surface area contributed by atoms with Gasteiger partial charge in [-0.3, -0.25) is 4.79 Å². The number of halogens is 1. The van der Waals surface area contributed by atoms with Crippen LogP contribution in [-0.2, 0) is 4.79 Å². The van der Waals surface area contributed by atoms with E-state index in [1.54, 1.807) is 0 Å². The molecular weight excluding hydrogens is 152 g/mol. The van der Waals surface area contributed by atoms with E-state index in [2.05, 4.69) is 0 Å². The molecule has 0 aliphatic rings. The quantitative estimate of drug-likeness (QED) is 0.689. The molecule has 58 valence electrons. The van der Waals surface area contributed by atoms with E-state index in [0.717, 1.165) is 6.42 Å². The van der Waals surface area contributed by atoms with E-state index in [4.69, 9.17) is 16.7 Å². The van der Waals surface area contributed by atoms with Crippen LogP contribution in [0.5, 0.6) is 0 Å². The molecule has 3 heteroatoms. The van der Waals surface area contributed by atoms with E-state index < -0.39 is 11.9 Å². The third-order valence-corrected chi connectivity index (χ3v) is 1.37. The highest BCUT2D eigenvalue weighted by atomic mass is 35.5. The summed E-state index contributed by atoms with van der Waals surface area (Å²) in [5.74, 6) is -1.22. The molecule has 0 aromatic heterocycles. The van der Waals surface area contributed by atoms with Gasteiger partial charge in [-0.1, -0.05) is 31.0 Å². The minimum Gasteiger partial charge on any atom is -0.481 e. The number of carboxylic acids is 1. The summed E-state index contributed by atoms with van der Waals surface area (Å²) < 4.78 is 0. The first-order valence-electron chi connectivity index (χ1n) is 3.22. The summed E-state index contributed by atoms with van der Waals surface area (Å²) in [5.41, 5.74) is 1.26. The molecule has 0 aromatic carbocycles. The van der Waals surface area contributed by atoms with Crippen LogP contribution >= 0.6 is 11.6 Å². The van der Waals surface area contributed by atoms with Crippen molar-refractivity contribution in [2.75, 3.05) is 0 Å². The lowest BCUT2D eigenvalue weighted by molar-refractivity contribution is -0.140. The van der Waals surface area contributed by atoms with Crippen molar-refractivity contribution in [3.8, 4) is 0 Å². The molecule has 1 unspecified atom stereocenters. The fourth-order valence-electron chi connectivity index (χ4n) is 0.701. The Morgan fingerprint density at radius 2 is 2.40 bits per heavy atom. The van der Waals surface area contributed by atoms with Gasteiger partial charge in [-0.2, -0.15) is 0 Å². The number of rotatable bonds is 4. The molecule has 0 aliphatic heterocycles. The highest BCUT2D eigenvalue weighted by Crippen LogP contribution is 2.08. The summed E-state index contributed by atoms with van der Waals surface area (Å²) in [7, 11) is 0. The molecule has 10 heavy (non-hydrogen) atoms. The van der Waals surface area contributed by atoms with Crippen molar-refractivity contribution in [1.29, 1.82) is 0 Å². The van der Waals surface area contributed by atoms with Crippen LogP contribution in [0.3, 0.4) is 0 Å². The maximum atomic E-state index is 10.4. The van der Waals surface area contributed by atoms with Crippen LogP contribution in [0.4, 0.5) is 0 Å². The van der Waals surface area contributed by atoms with Crippen LogP contribution < -0.4 is 0 Å². The molecule has 0 aliphatic carbocycles. The molecule has 0 bridgehead atoms. The first kappa shape index (κ1) is 9.50. The van der Waals surface area contributed by atoms with Crippen molar-refractivity contribution < 1.29 is 9.90 Å². The van der Waals surface area contributed by atoms with Crippen molar-refractivity contribution in [3.63, 3.8) is 0 Å². The maximum absolute atomic E-state index is 10.4. The van der Waals surface area contributed by atoms with Crippen LogP contribution in [0, 0.1) is 5.92 Å². The predicted octanol–water partition coefficient (Wildman–Crippen LogP) is 2.24. The molecule has 0 heterocycles. The highest BCUT2D eigenvalue weighted by molar-refractivity contribution is 6.25. The van der Waals surface area contributed by atoms with Gasteiger partial charge in [0.2, 0.25) is 0 Å². The average molecular weight is 163 g/mol. The van der Waals surface area contributed by atoms with E-state index in [1.165, 1.54) is 11.6 Å². The number of carboxylic acid groups (broad SMARTS) is 1. The van der Waals surface area contributed by atoms with Crippen LogP contribution in [-0.4, -0.2) is 11.1 Å². The Morgan fingerprint density at radius 1 is 1.80 bits per heavy atom. The average Bonchev–Trinajstić information content (AvgIpc) is 1.87. The lowest BCUT2D eigenvalue weighted by Crippen LogP contribution is -2.09. The first-order chi connectivity index (χ1) is 4.72. The van der Waals surface area contributed by atoms with Crippen LogP contribution in [0.2, 0.25) is 0 Å².